The summed E-state index contributed by atoms with van der Waals surface area (Å²) in [5, 5.41) is 0. The van der Waals surface area contributed by atoms with E-state index in [0.29, 0.717) is 0 Å². The fourth-order valence-electron chi connectivity index (χ4n) is 0.655. The number of rotatable bonds is 2. The highest BCUT2D eigenvalue weighted by molar-refractivity contribution is 6.01. The second-order valence-electron chi connectivity index (χ2n) is 2.56. The molecule has 11 heteroatoms. The summed E-state index contributed by atoms with van der Waals surface area (Å²) in [6, 6.07) is 0. The molecule has 0 atom stereocenters. The molecule has 0 radical (unpaired) electrons. The van der Waals surface area contributed by atoms with Crippen LogP contribution in [0.1, 0.15) is 0 Å². The lowest BCUT2D eigenvalue weighted by Crippen LogP contribution is -2.59. The highest BCUT2D eigenvalue weighted by atomic mass is 19.4. The molecule has 0 bridgehead atoms. The van der Waals surface area contributed by atoms with Gasteiger partial charge in [-0.25, -0.2) is 4.39 Å². The third-order valence-corrected chi connectivity index (χ3v) is 1.46. The van der Waals surface area contributed by atoms with Crippen LogP contribution in [-0.2, 0) is 4.79 Å². The largest absolute Gasteiger partial charge is 0.439 e. The first kappa shape index (κ1) is 15.7. The smallest absolute Gasteiger partial charge is 0.287 e. The zero-order chi connectivity index (χ0) is 14.2. The summed E-state index contributed by atoms with van der Waals surface area (Å²) >= 11 is 0. The molecule has 0 aliphatic heterocycles. The van der Waals surface area contributed by atoms with Gasteiger partial charge in [0.2, 0.25) is 5.83 Å². The normalized spacial score (nSPS) is 13.5. The molecule has 0 spiro atoms. The van der Waals surface area contributed by atoms with Crippen LogP contribution < -0.4 is 0 Å². The second-order valence-corrected chi connectivity index (χ2v) is 2.56. The van der Waals surface area contributed by atoms with Crippen LogP contribution >= 0.6 is 0 Å². The summed E-state index contributed by atoms with van der Waals surface area (Å²) in [6.45, 7) is 0. The van der Waals surface area contributed by atoms with Gasteiger partial charge < -0.3 is 0 Å². The molecule has 0 saturated heterocycles. The van der Waals surface area contributed by atoms with Gasteiger partial charge in [-0.2, -0.15) is 39.5 Å². The van der Waals surface area contributed by atoms with Crippen molar-refractivity contribution >= 4 is 5.78 Å². The predicted molar refractivity (Wildman–Crippen MR) is 31.3 cm³/mol. The Balaban J connectivity index is 5.88. The van der Waals surface area contributed by atoms with Gasteiger partial charge in [0.15, 0.2) is 0 Å². The zero-order valence-electron chi connectivity index (χ0n) is 7.19. The van der Waals surface area contributed by atoms with Crippen LogP contribution in [0.15, 0.2) is 11.9 Å². The molecule has 100 valence electrons. The van der Waals surface area contributed by atoms with Gasteiger partial charge in [0.1, 0.15) is 0 Å². The molecule has 0 aromatic rings. The van der Waals surface area contributed by atoms with E-state index in [1.807, 2.05) is 0 Å². The van der Waals surface area contributed by atoms with Crippen molar-refractivity contribution in [1.29, 1.82) is 0 Å². The Hall–Kier alpha value is -1.29. The molecular formula is C6F10O. The van der Waals surface area contributed by atoms with Crippen molar-refractivity contribution in [2.45, 2.75) is 18.0 Å². The standard InChI is InChI=1S/C6F10O/c7-1(3(8)9)2(17)4(10,5(11,12)13)6(14,15)16. The van der Waals surface area contributed by atoms with Crippen molar-refractivity contribution in [1.82, 2.24) is 0 Å². The Morgan fingerprint density at radius 3 is 1.18 bits per heavy atom. The molecule has 0 aliphatic rings. The van der Waals surface area contributed by atoms with E-state index in [1.165, 1.54) is 0 Å². The summed E-state index contributed by atoms with van der Waals surface area (Å²) < 4.78 is 118. The molecule has 17 heavy (non-hydrogen) atoms. The predicted octanol–water partition coefficient (Wildman–Crippen LogP) is 3.47. The summed E-state index contributed by atoms with van der Waals surface area (Å²) in [5.41, 5.74) is -6.71. The van der Waals surface area contributed by atoms with Gasteiger partial charge in [-0.15, -0.1) is 0 Å². The number of allylic oxidation sites excluding steroid dienone is 1. The molecule has 0 aliphatic carbocycles. The number of ketones is 1. The Morgan fingerprint density at radius 2 is 1.00 bits per heavy atom. The molecular weight excluding hydrogens is 278 g/mol. The Labute approximate surface area is 85.7 Å². The minimum Gasteiger partial charge on any atom is -0.287 e. The van der Waals surface area contributed by atoms with Gasteiger partial charge in [-0.1, -0.05) is 0 Å². The number of hydrogen-bond donors (Lipinski definition) is 0. The fraction of sp³-hybridized carbons (Fsp3) is 0.500. The average molecular weight is 278 g/mol. The lowest BCUT2D eigenvalue weighted by atomic mass is 9.98. The topological polar surface area (TPSA) is 17.1 Å². The molecule has 0 N–H and O–H groups in total. The van der Waals surface area contributed by atoms with Crippen molar-refractivity contribution in [2.24, 2.45) is 0 Å². The number of carbonyl (C=O) groups excluding carboxylic acids is 1. The number of hydrogen-bond acceptors (Lipinski definition) is 1. The van der Waals surface area contributed by atoms with E-state index < -0.39 is 35.7 Å². The van der Waals surface area contributed by atoms with Gasteiger partial charge in [0, 0.05) is 0 Å². The molecule has 0 unspecified atom stereocenters. The van der Waals surface area contributed by atoms with E-state index in [0.717, 1.165) is 0 Å². The van der Waals surface area contributed by atoms with E-state index >= 15 is 0 Å². The van der Waals surface area contributed by atoms with Crippen molar-refractivity contribution in [3.05, 3.63) is 11.9 Å². The van der Waals surface area contributed by atoms with Crippen molar-refractivity contribution in [3.8, 4) is 0 Å². The molecule has 0 amide bonds. The lowest BCUT2D eigenvalue weighted by Gasteiger charge is -2.27. The van der Waals surface area contributed by atoms with Crippen LogP contribution in [-0.4, -0.2) is 23.8 Å². The van der Waals surface area contributed by atoms with Crippen molar-refractivity contribution in [3.63, 3.8) is 0 Å². The SMILES string of the molecule is O=C(C(F)=C(F)F)C(F)(C(F)(F)F)C(F)(F)F. The highest BCUT2D eigenvalue weighted by Crippen LogP contribution is 2.48. The molecule has 0 heterocycles. The van der Waals surface area contributed by atoms with Crippen LogP contribution in [0.3, 0.4) is 0 Å². The number of carbonyl (C=O) groups is 1. The maximum absolute atomic E-state index is 12.6. The van der Waals surface area contributed by atoms with E-state index in [9.17, 15) is 48.7 Å². The summed E-state index contributed by atoms with van der Waals surface area (Å²) in [7, 11) is 0. The van der Waals surface area contributed by atoms with Crippen LogP contribution in [0, 0.1) is 0 Å². The van der Waals surface area contributed by atoms with E-state index in [1.54, 1.807) is 0 Å². The third-order valence-electron chi connectivity index (χ3n) is 1.46. The van der Waals surface area contributed by atoms with Gasteiger partial charge in [-0.3, -0.25) is 4.79 Å². The highest BCUT2D eigenvalue weighted by Gasteiger charge is 2.78. The third kappa shape index (κ3) is 2.52. The minimum absolute atomic E-state index is 3.73. The van der Waals surface area contributed by atoms with Crippen molar-refractivity contribution in [2.75, 3.05) is 0 Å². The lowest BCUT2D eigenvalue weighted by molar-refractivity contribution is -0.324. The first-order valence-corrected chi connectivity index (χ1v) is 3.34. The van der Waals surface area contributed by atoms with E-state index in [4.69, 9.17) is 0 Å². The number of alkyl halides is 7. The van der Waals surface area contributed by atoms with Gasteiger partial charge in [-0.05, 0) is 0 Å². The van der Waals surface area contributed by atoms with Crippen LogP contribution in [0.5, 0.6) is 0 Å². The first-order valence-electron chi connectivity index (χ1n) is 3.34. The second kappa shape index (κ2) is 4.18. The van der Waals surface area contributed by atoms with E-state index in [-0.39, 0.29) is 0 Å². The number of halogens is 10. The molecule has 1 nitrogen and oxygen atoms in total. The molecule has 0 fully saturated rings. The average Bonchev–Trinajstić information content (AvgIpc) is 2.10. The van der Waals surface area contributed by atoms with Crippen molar-refractivity contribution < 1.29 is 48.7 Å². The molecule has 0 aromatic heterocycles. The maximum Gasteiger partial charge on any atom is 0.439 e. The first-order chi connectivity index (χ1) is 7.26. The molecule has 0 saturated carbocycles. The monoisotopic (exact) mass is 278 g/mol. The summed E-state index contributed by atoms with van der Waals surface area (Å²) in [6.07, 6.45) is -17.6. The molecule has 0 rings (SSSR count). The van der Waals surface area contributed by atoms with Gasteiger partial charge >= 0.3 is 24.1 Å². The van der Waals surface area contributed by atoms with Crippen LogP contribution in [0.4, 0.5) is 43.9 Å². The summed E-state index contributed by atoms with van der Waals surface area (Å²) in [5.74, 6) is -7.78. The maximum atomic E-state index is 12.6. The minimum atomic E-state index is -6.92. The van der Waals surface area contributed by atoms with Gasteiger partial charge in [0.05, 0.1) is 0 Å². The Kier molecular flexibility index (Phi) is 3.87. The zero-order valence-corrected chi connectivity index (χ0v) is 7.19. The fourth-order valence-corrected chi connectivity index (χ4v) is 0.655. The van der Waals surface area contributed by atoms with Gasteiger partial charge in [0.25, 0.3) is 5.78 Å². The Morgan fingerprint density at radius 1 is 0.706 bits per heavy atom. The quantitative estimate of drug-likeness (QED) is 0.558. The van der Waals surface area contributed by atoms with E-state index in [2.05, 4.69) is 0 Å². The number of Topliss-reactive ketones (excluding diaryl/α,β-unsaturated/α-hetero) is 1. The summed E-state index contributed by atoms with van der Waals surface area (Å²) in [4.78, 5) is 10.2. The van der Waals surface area contributed by atoms with Crippen LogP contribution in [0.25, 0.3) is 0 Å². The molecule has 0 aromatic carbocycles. The van der Waals surface area contributed by atoms with Crippen LogP contribution in [0.2, 0.25) is 0 Å². The Bertz CT molecular complexity index is 329.